The van der Waals surface area contributed by atoms with Crippen LogP contribution in [-0.2, 0) is 27.1 Å². The highest BCUT2D eigenvalue weighted by Gasteiger charge is 2.69. The summed E-state index contributed by atoms with van der Waals surface area (Å²) in [5, 5.41) is 0. The standard InChI is InChI=1S/C41H46N2O3/c1-24-17-18-41(45-23-24)25(2)36-34(46-41)20-31-29-16-15-28-19-32-33(22-39(28,3)30(29)21-35(44)40(31,36)4)43-38(27-13-9-6-10-14-27)37(42-32)26-11-7-5-8-12-26/h5-14,20,24-25,28-30,34,36H,15-19,21-23H2,1-4H3/t24-,25-,28?,29?,30?,34-,36-,39-,40+,41+/m0/s1. The van der Waals surface area contributed by atoms with Gasteiger partial charge in [0.15, 0.2) is 5.79 Å². The number of ether oxygens (including phenoxy) is 2. The Hall–Kier alpha value is -3.15. The summed E-state index contributed by atoms with van der Waals surface area (Å²) in [7, 11) is 0. The van der Waals surface area contributed by atoms with Gasteiger partial charge < -0.3 is 9.47 Å². The second-order valence-electron chi connectivity index (χ2n) is 16.0. The fourth-order valence-corrected chi connectivity index (χ4v) is 11.1. The van der Waals surface area contributed by atoms with Gasteiger partial charge in [-0.05, 0) is 68.1 Å². The molecule has 0 bridgehead atoms. The number of carbonyl (C=O) groups is 1. The Morgan fingerprint density at radius 3 is 2.15 bits per heavy atom. The first-order valence-electron chi connectivity index (χ1n) is 17.8. The van der Waals surface area contributed by atoms with Crippen molar-refractivity contribution >= 4 is 5.78 Å². The lowest BCUT2D eigenvalue weighted by atomic mass is 9.45. The lowest BCUT2D eigenvalue weighted by molar-refractivity contribution is -0.265. The molecule has 2 aliphatic heterocycles. The summed E-state index contributed by atoms with van der Waals surface area (Å²) in [4.78, 5) is 25.4. The molecule has 2 aromatic carbocycles. The van der Waals surface area contributed by atoms with E-state index in [-0.39, 0.29) is 23.4 Å². The summed E-state index contributed by atoms with van der Waals surface area (Å²) >= 11 is 0. The maximum atomic E-state index is 14.6. The normalized spacial score (nSPS) is 40.8. The van der Waals surface area contributed by atoms with Crippen molar-refractivity contribution in [2.45, 2.75) is 84.5 Å². The molecule has 5 heteroatoms. The van der Waals surface area contributed by atoms with Crippen LogP contribution in [0.1, 0.15) is 71.2 Å². The third-order valence-electron chi connectivity index (χ3n) is 13.7. The topological polar surface area (TPSA) is 61.3 Å². The Balaban J connectivity index is 1.07. The molecule has 3 unspecified atom stereocenters. The molecular weight excluding hydrogens is 568 g/mol. The smallest absolute Gasteiger partial charge is 0.172 e. The van der Waals surface area contributed by atoms with Gasteiger partial charge in [0.05, 0.1) is 40.9 Å². The molecule has 2 saturated heterocycles. The Morgan fingerprint density at radius 2 is 1.50 bits per heavy atom. The average molecular weight is 615 g/mol. The fraction of sp³-hybridized carbons (Fsp3) is 0.537. The highest BCUT2D eigenvalue weighted by Crippen LogP contribution is 2.68. The molecule has 0 amide bonds. The van der Waals surface area contributed by atoms with Crippen molar-refractivity contribution < 1.29 is 14.3 Å². The van der Waals surface area contributed by atoms with Gasteiger partial charge in [-0.1, -0.05) is 93.1 Å². The van der Waals surface area contributed by atoms with Crippen molar-refractivity contribution in [3.05, 3.63) is 83.7 Å². The second-order valence-corrected chi connectivity index (χ2v) is 16.0. The van der Waals surface area contributed by atoms with Crippen LogP contribution in [0.5, 0.6) is 0 Å². The number of hydrogen-bond donors (Lipinski definition) is 0. The Kier molecular flexibility index (Phi) is 6.42. The summed E-state index contributed by atoms with van der Waals surface area (Å²) in [6.45, 7) is 10.0. The first-order chi connectivity index (χ1) is 22.2. The predicted octanol–water partition coefficient (Wildman–Crippen LogP) is 8.27. The molecule has 6 aliphatic rings. The van der Waals surface area contributed by atoms with Gasteiger partial charge in [0, 0.05) is 35.8 Å². The van der Waals surface area contributed by atoms with E-state index in [4.69, 9.17) is 19.4 Å². The lowest BCUT2D eigenvalue weighted by Gasteiger charge is -2.58. The number of nitrogens with zero attached hydrogens (tertiary/aromatic N) is 2. The van der Waals surface area contributed by atoms with Crippen LogP contribution in [0.15, 0.2) is 72.3 Å². The van der Waals surface area contributed by atoms with Crippen molar-refractivity contribution in [3.63, 3.8) is 0 Å². The molecule has 46 heavy (non-hydrogen) atoms. The molecule has 3 aromatic rings. The van der Waals surface area contributed by atoms with E-state index in [1.165, 1.54) is 5.57 Å². The number of rotatable bonds is 2. The number of hydrogen-bond acceptors (Lipinski definition) is 5. The summed E-state index contributed by atoms with van der Waals surface area (Å²) in [5.74, 6) is 2.05. The van der Waals surface area contributed by atoms with Gasteiger partial charge in [0.2, 0.25) is 0 Å². The first-order valence-corrected chi connectivity index (χ1v) is 17.8. The molecular formula is C41H46N2O3. The van der Waals surface area contributed by atoms with Crippen LogP contribution in [0.25, 0.3) is 22.5 Å². The highest BCUT2D eigenvalue weighted by molar-refractivity contribution is 5.91. The molecule has 1 aromatic heterocycles. The molecule has 0 N–H and O–H groups in total. The van der Waals surface area contributed by atoms with Crippen LogP contribution < -0.4 is 0 Å². The summed E-state index contributed by atoms with van der Waals surface area (Å²) < 4.78 is 13.3. The molecule has 3 heterocycles. The van der Waals surface area contributed by atoms with Crippen LogP contribution in [0, 0.1) is 46.3 Å². The highest BCUT2D eigenvalue weighted by atomic mass is 16.7. The van der Waals surface area contributed by atoms with E-state index in [0.29, 0.717) is 35.9 Å². The number of Topliss-reactive ketones (excluding diaryl/α,β-unsaturated/α-hetero) is 1. The number of benzene rings is 2. The summed E-state index contributed by atoms with van der Waals surface area (Å²) in [5.41, 5.74) is 7.33. The van der Waals surface area contributed by atoms with Crippen molar-refractivity contribution in [2.24, 2.45) is 46.3 Å². The molecule has 4 fully saturated rings. The average Bonchev–Trinajstić information content (AvgIpc) is 3.52. The van der Waals surface area contributed by atoms with Gasteiger partial charge in [-0.15, -0.1) is 0 Å². The molecule has 0 radical (unpaired) electrons. The number of aromatic nitrogens is 2. The summed E-state index contributed by atoms with van der Waals surface area (Å²) in [6, 6.07) is 21.0. The molecule has 1 spiro atoms. The Bertz CT molecular complexity index is 1730. The monoisotopic (exact) mass is 614 g/mol. The number of carbonyl (C=O) groups excluding carboxylic acids is 1. The lowest BCUT2D eigenvalue weighted by Crippen LogP contribution is -2.56. The zero-order valence-electron chi connectivity index (χ0n) is 27.7. The van der Waals surface area contributed by atoms with E-state index in [2.05, 4.69) is 94.4 Å². The van der Waals surface area contributed by atoms with Gasteiger partial charge in [0.25, 0.3) is 0 Å². The van der Waals surface area contributed by atoms with Crippen LogP contribution in [0.3, 0.4) is 0 Å². The van der Waals surface area contributed by atoms with E-state index in [0.717, 1.165) is 79.0 Å². The van der Waals surface area contributed by atoms with Crippen molar-refractivity contribution in [1.82, 2.24) is 9.97 Å². The maximum Gasteiger partial charge on any atom is 0.172 e. The number of ketones is 1. The van der Waals surface area contributed by atoms with E-state index in [9.17, 15) is 4.79 Å². The van der Waals surface area contributed by atoms with Gasteiger partial charge in [0.1, 0.15) is 5.78 Å². The predicted molar refractivity (Wildman–Crippen MR) is 179 cm³/mol. The number of allylic oxidation sites excluding steroid dienone is 1. The number of fused-ring (bicyclic) bond motifs is 8. The third kappa shape index (κ3) is 3.97. The van der Waals surface area contributed by atoms with Gasteiger partial charge in [-0.3, -0.25) is 4.79 Å². The van der Waals surface area contributed by atoms with Crippen LogP contribution in [-0.4, -0.2) is 34.2 Å². The molecule has 238 valence electrons. The molecule has 5 nitrogen and oxygen atoms in total. The molecule has 9 rings (SSSR count). The van der Waals surface area contributed by atoms with Crippen molar-refractivity contribution in [3.8, 4) is 22.5 Å². The molecule has 10 atom stereocenters. The van der Waals surface area contributed by atoms with Crippen LogP contribution in [0.2, 0.25) is 0 Å². The van der Waals surface area contributed by atoms with E-state index in [1.807, 2.05) is 0 Å². The van der Waals surface area contributed by atoms with Gasteiger partial charge in [-0.2, -0.15) is 0 Å². The van der Waals surface area contributed by atoms with E-state index >= 15 is 0 Å². The maximum absolute atomic E-state index is 14.6. The van der Waals surface area contributed by atoms with Crippen molar-refractivity contribution in [1.29, 1.82) is 0 Å². The minimum Gasteiger partial charge on any atom is -0.349 e. The zero-order chi connectivity index (χ0) is 31.4. The molecule has 2 saturated carbocycles. The zero-order valence-corrected chi connectivity index (χ0v) is 27.7. The Morgan fingerprint density at radius 1 is 0.826 bits per heavy atom. The SMILES string of the molecule is C[C@H]1CC[C@@]2(OC1)O[C@H]1C=C3C4CCC5Cc6nc(-c7ccccc7)c(-c7ccccc7)nc6C[C@]5(C)C4CC(=O)[C@]3(C)[C@H]1[C@@H]2C. The summed E-state index contributed by atoms with van der Waals surface area (Å²) in [6.07, 6.45) is 9.21. The Labute approximate surface area is 273 Å². The van der Waals surface area contributed by atoms with Gasteiger partial charge in [-0.25, -0.2) is 9.97 Å². The largest absolute Gasteiger partial charge is 0.349 e. The second kappa shape index (κ2) is 10.2. The third-order valence-corrected chi connectivity index (χ3v) is 13.7. The fourth-order valence-electron chi connectivity index (χ4n) is 11.1. The van der Waals surface area contributed by atoms with Crippen LogP contribution in [0.4, 0.5) is 0 Å². The quantitative estimate of drug-likeness (QED) is 0.272. The first kappa shape index (κ1) is 29.0. The molecule has 4 aliphatic carbocycles. The van der Waals surface area contributed by atoms with Gasteiger partial charge >= 0.3 is 0 Å². The van der Waals surface area contributed by atoms with Crippen LogP contribution >= 0.6 is 0 Å². The minimum atomic E-state index is -0.533. The minimum absolute atomic E-state index is 0.00133. The van der Waals surface area contributed by atoms with Crippen molar-refractivity contribution in [2.75, 3.05) is 6.61 Å². The van der Waals surface area contributed by atoms with E-state index in [1.54, 1.807) is 0 Å². The van der Waals surface area contributed by atoms with E-state index < -0.39 is 11.2 Å².